The van der Waals surface area contributed by atoms with Crippen molar-refractivity contribution in [1.82, 2.24) is 9.13 Å². The topological polar surface area (TPSA) is 28.3 Å². The summed E-state index contributed by atoms with van der Waals surface area (Å²) in [6.07, 6.45) is 4.11. The van der Waals surface area contributed by atoms with Crippen LogP contribution < -0.4 is 9.47 Å². The van der Waals surface area contributed by atoms with Crippen LogP contribution >= 0.6 is 0 Å². The summed E-state index contributed by atoms with van der Waals surface area (Å²) in [6, 6.07) is 6.00. The van der Waals surface area contributed by atoms with Gasteiger partial charge in [0, 0.05) is 0 Å². The molecule has 18 heavy (non-hydrogen) atoms. The fourth-order valence-corrected chi connectivity index (χ4v) is 2.30. The van der Waals surface area contributed by atoms with Gasteiger partial charge in [0.15, 0.2) is 0 Å². The molecule has 0 fully saturated rings. The van der Waals surface area contributed by atoms with Crippen molar-refractivity contribution >= 4 is 0 Å². The van der Waals surface area contributed by atoms with Crippen LogP contribution in [0.4, 0.5) is 0 Å². The van der Waals surface area contributed by atoms with Gasteiger partial charge in [-0.3, -0.25) is 0 Å². The molecule has 100 valence electrons. The van der Waals surface area contributed by atoms with Crippen LogP contribution in [0, 0.1) is 3.80 Å². The van der Waals surface area contributed by atoms with E-state index in [4.69, 9.17) is 9.47 Å². The Morgan fingerprint density at radius 1 is 1.11 bits per heavy atom. The monoisotopic (exact) mass is 427 g/mol. The van der Waals surface area contributed by atoms with Gasteiger partial charge in [0.2, 0.25) is 0 Å². The predicted molar refractivity (Wildman–Crippen MR) is 65.3 cm³/mol. The molecule has 2 aromatic rings. The Hall–Kier alpha value is -1.28. The van der Waals surface area contributed by atoms with E-state index in [0.717, 1.165) is 18.0 Å². The van der Waals surface area contributed by atoms with E-state index in [1.807, 2.05) is 25.4 Å². The van der Waals surface area contributed by atoms with E-state index in [0.29, 0.717) is 0 Å². The number of rotatable bonds is 4. The number of imidazole rings is 1. The Morgan fingerprint density at radius 2 is 1.83 bits per heavy atom. The number of aryl methyl sites for hydroxylation is 1. The Kier molecular flexibility index (Phi) is 4.07. The number of ether oxygens (including phenoxy) is 2. The molecule has 1 aromatic carbocycles. The Balaban J connectivity index is 2.30. The third-order valence-corrected chi connectivity index (χ3v) is 4.21. The molecule has 0 unspecified atom stereocenters. The summed E-state index contributed by atoms with van der Waals surface area (Å²) in [6.45, 7) is 0.819. The van der Waals surface area contributed by atoms with Crippen LogP contribution in [0.5, 0.6) is 11.5 Å². The van der Waals surface area contributed by atoms with E-state index < -0.39 is 0 Å². The van der Waals surface area contributed by atoms with Crippen molar-refractivity contribution in [3.05, 3.63) is 40.0 Å². The van der Waals surface area contributed by atoms with Crippen molar-refractivity contribution in [3.63, 3.8) is 0 Å². The van der Waals surface area contributed by atoms with Gasteiger partial charge in [0.1, 0.15) is 0 Å². The molecule has 0 saturated carbocycles. The van der Waals surface area contributed by atoms with Crippen LogP contribution in [0.15, 0.2) is 30.6 Å². The maximum atomic E-state index is 5.31. The first kappa shape index (κ1) is 13.2. The maximum absolute atomic E-state index is 5.31. The van der Waals surface area contributed by atoms with Crippen molar-refractivity contribution in [2.45, 2.75) is 6.54 Å². The van der Waals surface area contributed by atoms with Crippen LogP contribution in [0.3, 0.4) is 0 Å². The molecule has 0 amide bonds. The number of methoxy groups -OCH3 is 2. The first-order valence-electron chi connectivity index (χ1n) is 5.53. The summed E-state index contributed by atoms with van der Waals surface area (Å²) in [5, 5.41) is 0. The average molecular weight is 427 g/mol. The minimum absolute atomic E-state index is 0.758. The quantitative estimate of drug-likeness (QED) is 0.747. The zero-order valence-electron chi connectivity index (χ0n) is 10.6. The number of hydrogen-bond acceptors (Lipinski definition) is 2. The van der Waals surface area contributed by atoms with E-state index >= 15 is 0 Å². The van der Waals surface area contributed by atoms with E-state index in [-0.39, 0.29) is 0 Å². The SMILES string of the molecule is COc1ccc(Cn2ccn(C)[c]2=[Pt])cc1OC. The van der Waals surface area contributed by atoms with Gasteiger partial charge >= 0.3 is 117 Å². The Labute approximate surface area is 117 Å². The number of nitrogens with zero attached hydrogens (tertiary/aromatic N) is 2. The van der Waals surface area contributed by atoms with Crippen LogP contribution in [0.2, 0.25) is 0 Å². The fraction of sp³-hybridized carbons (Fsp3) is 0.308. The van der Waals surface area contributed by atoms with Crippen molar-refractivity contribution in [1.29, 1.82) is 0 Å². The second-order valence-electron chi connectivity index (χ2n) is 3.97. The third-order valence-electron chi connectivity index (χ3n) is 2.76. The zero-order valence-corrected chi connectivity index (χ0v) is 12.9. The van der Waals surface area contributed by atoms with E-state index in [1.165, 1.54) is 9.37 Å². The summed E-state index contributed by atoms with van der Waals surface area (Å²) in [4.78, 5) is 0. The number of hydrogen-bond donors (Lipinski definition) is 0. The molecule has 1 heterocycles. The van der Waals surface area contributed by atoms with Gasteiger partial charge in [-0.15, -0.1) is 0 Å². The molecule has 0 aliphatic carbocycles. The molecule has 2 rings (SSSR count). The summed E-state index contributed by atoms with van der Waals surface area (Å²) in [5.41, 5.74) is 1.18. The van der Waals surface area contributed by atoms with Crippen LogP contribution in [0.25, 0.3) is 0 Å². The Morgan fingerprint density at radius 3 is 2.39 bits per heavy atom. The van der Waals surface area contributed by atoms with Crippen molar-refractivity contribution in [3.8, 4) is 11.5 Å². The first-order valence-corrected chi connectivity index (χ1v) is 6.67. The standard InChI is InChI=1S/C13H16N2O2.Pt/c1-14-6-7-15(10-14)9-11-4-5-12(16-2)13(8-11)17-3;/h4-8H,9H2,1-3H3;. The van der Waals surface area contributed by atoms with Gasteiger partial charge in [-0.1, -0.05) is 0 Å². The van der Waals surface area contributed by atoms with Gasteiger partial charge in [-0.05, 0) is 0 Å². The van der Waals surface area contributed by atoms with Gasteiger partial charge in [0.25, 0.3) is 0 Å². The van der Waals surface area contributed by atoms with E-state index in [9.17, 15) is 0 Å². The van der Waals surface area contributed by atoms with E-state index in [2.05, 4.69) is 40.8 Å². The summed E-state index contributed by atoms with van der Waals surface area (Å²) in [7, 11) is 5.33. The second kappa shape index (κ2) is 5.57. The summed E-state index contributed by atoms with van der Waals surface area (Å²) >= 11 is 2.31. The predicted octanol–water partition coefficient (Wildman–Crippen LogP) is 1.97. The van der Waals surface area contributed by atoms with Crippen molar-refractivity contribution < 1.29 is 28.8 Å². The number of aromatic nitrogens is 2. The molecule has 0 N–H and O–H groups in total. The molecule has 0 radical (unpaired) electrons. The second-order valence-corrected chi connectivity index (χ2v) is 4.98. The third kappa shape index (κ3) is 2.59. The molecule has 0 atom stereocenters. The summed E-state index contributed by atoms with van der Waals surface area (Å²) < 4.78 is 16.0. The van der Waals surface area contributed by atoms with Crippen molar-refractivity contribution in [2.75, 3.05) is 14.2 Å². The molecule has 0 aliphatic heterocycles. The summed E-state index contributed by atoms with van der Waals surface area (Å²) in [5.74, 6) is 1.52. The first-order chi connectivity index (χ1) is 8.65. The van der Waals surface area contributed by atoms with Gasteiger partial charge in [0.05, 0.1) is 0 Å². The molecule has 4 nitrogen and oxygen atoms in total. The molecular weight excluding hydrogens is 411 g/mol. The van der Waals surface area contributed by atoms with Crippen LogP contribution in [0.1, 0.15) is 5.56 Å². The average Bonchev–Trinajstić information content (AvgIpc) is 2.70. The molecule has 0 aliphatic rings. The fourth-order valence-electron chi connectivity index (χ4n) is 1.79. The van der Waals surface area contributed by atoms with Gasteiger partial charge in [-0.2, -0.15) is 0 Å². The minimum atomic E-state index is 0.758. The molecule has 0 spiro atoms. The molecule has 5 heteroatoms. The van der Waals surface area contributed by atoms with Crippen LogP contribution in [-0.2, 0) is 32.9 Å². The zero-order chi connectivity index (χ0) is 13.1. The normalized spacial score (nSPS) is 10.5. The van der Waals surface area contributed by atoms with Gasteiger partial charge < -0.3 is 0 Å². The Bertz CT molecular complexity index is 601. The van der Waals surface area contributed by atoms with Crippen molar-refractivity contribution in [2.24, 2.45) is 7.05 Å². The van der Waals surface area contributed by atoms with Crippen LogP contribution in [-0.4, -0.2) is 23.4 Å². The molecule has 0 saturated heterocycles. The molecule has 0 bridgehead atoms. The molecule has 1 aromatic heterocycles. The number of benzene rings is 1. The van der Waals surface area contributed by atoms with Gasteiger partial charge in [-0.25, -0.2) is 0 Å². The van der Waals surface area contributed by atoms with E-state index in [1.54, 1.807) is 14.2 Å². The molecular formula is C13H16N2O2Pt.